The summed E-state index contributed by atoms with van der Waals surface area (Å²) in [6, 6.07) is 5.91. The van der Waals surface area contributed by atoms with Gasteiger partial charge in [0.25, 0.3) is 0 Å². The fourth-order valence-corrected chi connectivity index (χ4v) is 1.40. The Morgan fingerprint density at radius 1 is 1.25 bits per heavy atom. The zero-order valence-electron chi connectivity index (χ0n) is 10.2. The molecule has 0 heterocycles. The second-order valence-corrected chi connectivity index (χ2v) is 5.03. The fourth-order valence-electron chi connectivity index (χ4n) is 1.34. The molecule has 2 nitrogen and oxygen atoms in total. The normalized spacial score (nSPS) is 12.6. The second-order valence-electron chi connectivity index (χ2n) is 4.48. The van der Waals surface area contributed by atoms with E-state index in [0.717, 1.165) is 5.69 Å². The Balaban J connectivity index is 2.74. The van der Waals surface area contributed by atoms with Crippen molar-refractivity contribution in [2.45, 2.75) is 32.9 Å². The third kappa shape index (κ3) is 3.27. The predicted molar refractivity (Wildman–Crippen MR) is 72.2 cm³/mol. The van der Waals surface area contributed by atoms with Crippen LogP contribution in [0.25, 0.3) is 0 Å². The molecule has 16 heavy (non-hydrogen) atoms. The summed E-state index contributed by atoms with van der Waals surface area (Å²) in [5.74, 6) is 0.191. The number of carbonyl (C=O) groups is 1. The van der Waals surface area contributed by atoms with E-state index in [1.807, 2.05) is 39.0 Å². The van der Waals surface area contributed by atoms with Gasteiger partial charge in [-0.25, -0.2) is 0 Å². The molecule has 0 spiro atoms. The molecular formula is C13H19NOS. The van der Waals surface area contributed by atoms with Crippen molar-refractivity contribution in [1.29, 1.82) is 0 Å². The number of hydrogen-bond acceptors (Lipinski definition) is 2. The number of nitrogens with one attached hydrogen (secondary N) is 1. The minimum absolute atomic E-state index is 0.0402. The van der Waals surface area contributed by atoms with Crippen molar-refractivity contribution in [3.63, 3.8) is 0 Å². The molecule has 0 aliphatic carbocycles. The van der Waals surface area contributed by atoms with E-state index in [2.05, 4.69) is 24.9 Å². The number of thiol groups is 1. The van der Waals surface area contributed by atoms with Crippen LogP contribution in [-0.2, 0) is 4.79 Å². The maximum atomic E-state index is 11.8. The molecule has 1 aromatic rings. The van der Waals surface area contributed by atoms with Gasteiger partial charge in [-0.05, 0) is 43.0 Å². The van der Waals surface area contributed by atoms with Crippen LogP contribution in [0.2, 0.25) is 0 Å². The van der Waals surface area contributed by atoms with Crippen molar-refractivity contribution >= 4 is 24.2 Å². The van der Waals surface area contributed by atoms with Gasteiger partial charge in [-0.15, -0.1) is 0 Å². The number of aryl methyl sites for hydroxylation is 2. The molecule has 1 unspecified atom stereocenters. The van der Waals surface area contributed by atoms with E-state index in [-0.39, 0.29) is 17.1 Å². The predicted octanol–water partition coefficient (Wildman–Crippen LogP) is 3.20. The zero-order valence-corrected chi connectivity index (χ0v) is 11.1. The molecule has 88 valence electrons. The SMILES string of the molecule is Cc1ccc(NC(=O)C(S)C(C)C)cc1C. The molecule has 0 fully saturated rings. The first kappa shape index (κ1) is 13.1. The van der Waals surface area contributed by atoms with E-state index in [4.69, 9.17) is 0 Å². The lowest BCUT2D eigenvalue weighted by atomic mass is 10.1. The monoisotopic (exact) mass is 237 g/mol. The Morgan fingerprint density at radius 2 is 1.88 bits per heavy atom. The quantitative estimate of drug-likeness (QED) is 0.777. The molecule has 0 bridgehead atoms. The highest BCUT2D eigenvalue weighted by atomic mass is 32.1. The lowest BCUT2D eigenvalue weighted by Gasteiger charge is -2.15. The summed E-state index contributed by atoms with van der Waals surface area (Å²) in [5, 5.41) is 2.61. The van der Waals surface area contributed by atoms with Gasteiger partial charge in [-0.2, -0.15) is 12.6 Å². The van der Waals surface area contributed by atoms with Gasteiger partial charge >= 0.3 is 0 Å². The van der Waals surface area contributed by atoms with E-state index in [0.29, 0.717) is 0 Å². The Kier molecular flexibility index (Phi) is 4.42. The van der Waals surface area contributed by atoms with Crippen LogP contribution in [0.1, 0.15) is 25.0 Å². The number of carbonyl (C=O) groups excluding carboxylic acids is 1. The first-order valence-corrected chi connectivity index (χ1v) is 5.99. The number of hydrogen-bond donors (Lipinski definition) is 2. The van der Waals surface area contributed by atoms with Crippen molar-refractivity contribution in [3.8, 4) is 0 Å². The molecule has 0 aliphatic rings. The van der Waals surface area contributed by atoms with Gasteiger partial charge in [0.15, 0.2) is 0 Å². The average molecular weight is 237 g/mol. The molecule has 1 rings (SSSR count). The van der Waals surface area contributed by atoms with Gasteiger partial charge in [0.2, 0.25) is 5.91 Å². The second kappa shape index (κ2) is 5.39. The van der Waals surface area contributed by atoms with Crippen LogP contribution in [0, 0.1) is 19.8 Å². The molecule has 1 amide bonds. The Bertz CT molecular complexity index is 388. The first-order valence-electron chi connectivity index (χ1n) is 5.48. The van der Waals surface area contributed by atoms with Crippen LogP contribution in [0.5, 0.6) is 0 Å². The zero-order chi connectivity index (χ0) is 12.3. The lowest BCUT2D eigenvalue weighted by molar-refractivity contribution is -0.116. The summed E-state index contributed by atoms with van der Waals surface area (Å²) < 4.78 is 0. The largest absolute Gasteiger partial charge is 0.325 e. The summed E-state index contributed by atoms with van der Waals surface area (Å²) in [5.41, 5.74) is 3.25. The minimum Gasteiger partial charge on any atom is -0.325 e. The van der Waals surface area contributed by atoms with E-state index in [1.54, 1.807) is 0 Å². The minimum atomic E-state index is -0.262. The molecular weight excluding hydrogens is 218 g/mol. The number of amides is 1. The maximum absolute atomic E-state index is 11.8. The van der Waals surface area contributed by atoms with Gasteiger partial charge in [-0.3, -0.25) is 4.79 Å². The highest BCUT2D eigenvalue weighted by Gasteiger charge is 2.17. The van der Waals surface area contributed by atoms with Gasteiger partial charge in [0, 0.05) is 5.69 Å². The highest BCUT2D eigenvalue weighted by molar-refractivity contribution is 7.81. The molecule has 1 N–H and O–H groups in total. The smallest absolute Gasteiger partial charge is 0.237 e. The molecule has 0 aliphatic heterocycles. The van der Waals surface area contributed by atoms with E-state index >= 15 is 0 Å². The fraction of sp³-hybridized carbons (Fsp3) is 0.462. The summed E-state index contributed by atoms with van der Waals surface area (Å²) in [4.78, 5) is 11.8. The van der Waals surface area contributed by atoms with Gasteiger partial charge in [0.05, 0.1) is 5.25 Å². The number of benzene rings is 1. The molecule has 1 atom stereocenters. The van der Waals surface area contributed by atoms with Crippen molar-refractivity contribution < 1.29 is 4.79 Å². The van der Waals surface area contributed by atoms with Crippen molar-refractivity contribution in [2.24, 2.45) is 5.92 Å². The van der Waals surface area contributed by atoms with Crippen LogP contribution in [0.3, 0.4) is 0 Å². The Hall–Kier alpha value is -0.960. The Morgan fingerprint density at radius 3 is 2.38 bits per heavy atom. The third-order valence-electron chi connectivity index (χ3n) is 2.67. The van der Waals surface area contributed by atoms with Crippen LogP contribution < -0.4 is 5.32 Å². The first-order chi connectivity index (χ1) is 7.41. The molecule has 0 aromatic heterocycles. The topological polar surface area (TPSA) is 29.1 Å². The Labute approximate surface area is 103 Å². The molecule has 0 saturated heterocycles. The summed E-state index contributed by atoms with van der Waals surface area (Å²) in [6.45, 7) is 8.05. The van der Waals surface area contributed by atoms with Crippen LogP contribution in [0.15, 0.2) is 18.2 Å². The van der Waals surface area contributed by atoms with Gasteiger partial charge in [0.1, 0.15) is 0 Å². The molecule has 1 aromatic carbocycles. The molecule has 0 saturated carbocycles. The maximum Gasteiger partial charge on any atom is 0.237 e. The van der Waals surface area contributed by atoms with Crippen LogP contribution >= 0.6 is 12.6 Å². The van der Waals surface area contributed by atoms with E-state index in [9.17, 15) is 4.79 Å². The standard InChI is InChI=1S/C13H19NOS/c1-8(2)12(16)13(15)14-11-6-5-9(3)10(4)7-11/h5-8,12,16H,1-4H3,(H,14,15). The van der Waals surface area contributed by atoms with E-state index in [1.165, 1.54) is 11.1 Å². The number of rotatable bonds is 3. The van der Waals surface area contributed by atoms with E-state index < -0.39 is 0 Å². The summed E-state index contributed by atoms with van der Waals surface area (Å²) >= 11 is 4.28. The summed E-state index contributed by atoms with van der Waals surface area (Å²) in [7, 11) is 0. The number of anilines is 1. The van der Waals surface area contributed by atoms with Crippen LogP contribution in [-0.4, -0.2) is 11.2 Å². The van der Waals surface area contributed by atoms with Crippen molar-refractivity contribution in [3.05, 3.63) is 29.3 Å². The lowest BCUT2D eigenvalue weighted by Crippen LogP contribution is -2.27. The average Bonchev–Trinajstić information content (AvgIpc) is 2.22. The summed E-state index contributed by atoms with van der Waals surface area (Å²) in [6.07, 6.45) is 0. The molecule has 0 radical (unpaired) electrons. The van der Waals surface area contributed by atoms with Gasteiger partial charge < -0.3 is 5.32 Å². The van der Waals surface area contributed by atoms with Crippen LogP contribution in [0.4, 0.5) is 5.69 Å². The highest BCUT2D eigenvalue weighted by Crippen LogP contribution is 2.16. The van der Waals surface area contributed by atoms with Crippen molar-refractivity contribution in [1.82, 2.24) is 0 Å². The van der Waals surface area contributed by atoms with Crippen molar-refractivity contribution in [2.75, 3.05) is 5.32 Å². The van der Waals surface area contributed by atoms with Gasteiger partial charge in [-0.1, -0.05) is 19.9 Å². The molecule has 3 heteroatoms. The third-order valence-corrected chi connectivity index (χ3v) is 3.51.